The van der Waals surface area contributed by atoms with Crippen molar-refractivity contribution in [3.8, 4) is 0 Å². The van der Waals surface area contributed by atoms with Crippen LogP contribution in [0.3, 0.4) is 0 Å². The highest BCUT2D eigenvalue weighted by molar-refractivity contribution is 7.18. The van der Waals surface area contributed by atoms with Crippen LogP contribution in [-0.2, 0) is 30.5 Å². The zero-order valence-corrected chi connectivity index (χ0v) is 22.4. The van der Waals surface area contributed by atoms with Crippen molar-refractivity contribution in [3.05, 3.63) is 22.6 Å². The van der Waals surface area contributed by atoms with Gasteiger partial charge in [-0.05, 0) is 31.2 Å². The zero-order valence-electron chi connectivity index (χ0n) is 21.6. The summed E-state index contributed by atoms with van der Waals surface area (Å²) >= 11 is 1.69. The van der Waals surface area contributed by atoms with Crippen molar-refractivity contribution in [1.29, 1.82) is 0 Å². The molecule has 2 aliphatic heterocycles. The molecule has 5 rings (SSSR count). The maximum Gasteiger partial charge on any atom is 0.451 e. The fourth-order valence-corrected chi connectivity index (χ4v) is 5.74. The van der Waals surface area contributed by atoms with Crippen molar-refractivity contribution in [2.75, 3.05) is 43.5 Å². The highest BCUT2D eigenvalue weighted by atomic mass is 32.1. The quantitative estimate of drug-likeness (QED) is 0.450. The van der Waals surface area contributed by atoms with Gasteiger partial charge in [-0.2, -0.15) is 18.2 Å². The molecule has 1 amide bonds. The van der Waals surface area contributed by atoms with Crippen LogP contribution in [0.1, 0.15) is 49.6 Å². The molecule has 0 N–H and O–H groups in total. The summed E-state index contributed by atoms with van der Waals surface area (Å²) in [6.07, 6.45) is 0.570. The Morgan fingerprint density at radius 1 is 1.16 bits per heavy atom. The summed E-state index contributed by atoms with van der Waals surface area (Å²) in [7, 11) is 3.38. The number of carbonyl (C=O) groups is 1. The zero-order chi connectivity index (χ0) is 26.7. The van der Waals surface area contributed by atoms with Crippen molar-refractivity contribution in [1.82, 2.24) is 29.6 Å². The topological polar surface area (TPSA) is 83.3 Å². The first-order valence-corrected chi connectivity index (χ1v) is 13.3. The van der Waals surface area contributed by atoms with Crippen molar-refractivity contribution < 1.29 is 18.0 Å². The molecule has 3 aromatic rings. The number of piperidine rings is 1. The molecule has 1 atom stereocenters. The summed E-state index contributed by atoms with van der Waals surface area (Å²) in [4.78, 5) is 27.2. The van der Waals surface area contributed by atoms with Crippen LogP contribution >= 0.6 is 11.3 Å². The van der Waals surface area contributed by atoms with E-state index in [2.05, 4.69) is 35.0 Å². The molecule has 2 aliphatic rings. The number of rotatable bonds is 5. The predicted molar refractivity (Wildman–Crippen MR) is 138 cm³/mol. The molecule has 0 aromatic carbocycles. The minimum Gasteiger partial charge on any atom is -0.351 e. The second-order valence-electron chi connectivity index (χ2n) is 9.80. The number of anilines is 2. The van der Waals surface area contributed by atoms with Gasteiger partial charge in [-0.25, -0.2) is 4.98 Å². The number of aromatic nitrogens is 5. The minimum absolute atomic E-state index is 0.171. The molecular formula is C24H33F3N8OS. The van der Waals surface area contributed by atoms with Gasteiger partial charge in [0.2, 0.25) is 18.2 Å². The SMILES string of the molecule is CCCc1cc2c(N3CCn4c(nnc4C(F)(F)F)C3)nc(N3CCCC(C)C3)nc2s1.CN(C)C=O. The van der Waals surface area contributed by atoms with E-state index in [9.17, 15) is 18.0 Å². The predicted octanol–water partition coefficient (Wildman–Crippen LogP) is 4.22. The second-order valence-corrected chi connectivity index (χ2v) is 10.9. The third-order valence-electron chi connectivity index (χ3n) is 6.37. The van der Waals surface area contributed by atoms with Crippen molar-refractivity contribution >= 4 is 39.7 Å². The summed E-state index contributed by atoms with van der Waals surface area (Å²) in [5, 5.41) is 8.21. The van der Waals surface area contributed by atoms with Gasteiger partial charge in [0.15, 0.2) is 5.82 Å². The maximum absolute atomic E-state index is 13.2. The van der Waals surface area contributed by atoms with Gasteiger partial charge in [-0.15, -0.1) is 21.5 Å². The van der Waals surface area contributed by atoms with Crippen molar-refractivity contribution in [2.45, 2.75) is 58.8 Å². The smallest absolute Gasteiger partial charge is 0.351 e. The number of fused-ring (bicyclic) bond motifs is 2. The van der Waals surface area contributed by atoms with E-state index in [0.29, 0.717) is 24.2 Å². The highest BCUT2D eigenvalue weighted by Crippen LogP contribution is 2.36. The number of nitrogens with zero attached hydrogens (tertiary/aromatic N) is 8. The lowest BCUT2D eigenvalue weighted by Gasteiger charge is -2.33. The van der Waals surface area contributed by atoms with Gasteiger partial charge in [0.25, 0.3) is 0 Å². The molecule has 0 spiro atoms. The fourth-order valence-electron chi connectivity index (χ4n) is 4.62. The number of hydrogen-bond acceptors (Lipinski definition) is 8. The number of alkyl halides is 3. The third kappa shape index (κ3) is 6.13. The first kappa shape index (κ1) is 27.1. The first-order valence-electron chi connectivity index (χ1n) is 12.5. The molecule has 3 aromatic heterocycles. The van der Waals surface area contributed by atoms with Gasteiger partial charge in [-0.1, -0.05) is 20.3 Å². The number of amides is 1. The monoisotopic (exact) mass is 538 g/mol. The molecule has 37 heavy (non-hydrogen) atoms. The van der Waals surface area contributed by atoms with Crippen LogP contribution < -0.4 is 9.80 Å². The van der Waals surface area contributed by atoms with E-state index in [0.717, 1.165) is 54.8 Å². The first-order chi connectivity index (χ1) is 17.6. The Morgan fingerprint density at radius 3 is 2.57 bits per heavy atom. The Labute approximate surface area is 218 Å². The molecule has 5 heterocycles. The van der Waals surface area contributed by atoms with Crippen LogP contribution in [0.2, 0.25) is 0 Å². The minimum atomic E-state index is -4.50. The van der Waals surface area contributed by atoms with E-state index in [1.165, 1.54) is 20.8 Å². The average molecular weight is 539 g/mol. The molecule has 13 heteroatoms. The van der Waals surface area contributed by atoms with Gasteiger partial charge in [0.1, 0.15) is 10.6 Å². The molecule has 1 saturated heterocycles. The van der Waals surface area contributed by atoms with Gasteiger partial charge < -0.3 is 19.3 Å². The summed E-state index contributed by atoms with van der Waals surface area (Å²) in [6, 6.07) is 2.14. The maximum atomic E-state index is 13.2. The molecule has 0 radical (unpaired) electrons. The van der Waals surface area contributed by atoms with Crippen LogP contribution in [0.4, 0.5) is 24.9 Å². The van der Waals surface area contributed by atoms with E-state index in [1.54, 1.807) is 25.4 Å². The van der Waals surface area contributed by atoms with Crippen LogP contribution in [0, 0.1) is 5.92 Å². The van der Waals surface area contributed by atoms with E-state index >= 15 is 0 Å². The van der Waals surface area contributed by atoms with Gasteiger partial charge >= 0.3 is 6.18 Å². The Kier molecular flexibility index (Phi) is 8.20. The summed E-state index contributed by atoms with van der Waals surface area (Å²) in [6.45, 7) is 7.05. The molecular weight excluding hydrogens is 505 g/mol. The Morgan fingerprint density at radius 2 is 1.92 bits per heavy atom. The summed E-state index contributed by atoms with van der Waals surface area (Å²) in [5.74, 6) is 1.47. The highest BCUT2D eigenvalue weighted by Gasteiger charge is 2.40. The van der Waals surface area contributed by atoms with Crippen LogP contribution in [0.15, 0.2) is 6.07 Å². The second kappa shape index (κ2) is 11.2. The Bertz CT molecular complexity index is 1220. The molecule has 0 bridgehead atoms. The van der Waals surface area contributed by atoms with Crippen molar-refractivity contribution in [3.63, 3.8) is 0 Å². The summed E-state index contributed by atoms with van der Waals surface area (Å²) < 4.78 is 40.9. The Hall–Kier alpha value is -2.96. The van der Waals surface area contributed by atoms with E-state index in [1.807, 2.05) is 4.90 Å². The van der Waals surface area contributed by atoms with Crippen LogP contribution in [0.5, 0.6) is 0 Å². The number of aryl methyl sites for hydroxylation is 1. The molecule has 0 saturated carbocycles. The van der Waals surface area contributed by atoms with E-state index < -0.39 is 12.0 Å². The molecule has 1 unspecified atom stereocenters. The lowest BCUT2D eigenvalue weighted by molar-refractivity contribution is -0.147. The van der Waals surface area contributed by atoms with Crippen LogP contribution in [-0.4, -0.2) is 69.8 Å². The molecule has 1 fully saturated rings. The molecule has 0 aliphatic carbocycles. The number of hydrogen-bond donors (Lipinski definition) is 0. The molecule has 9 nitrogen and oxygen atoms in total. The van der Waals surface area contributed by atoms with Gasteiger partial charge in [-0.3, -0.25) is 4.79 Å². The number of carbonyl (C=O) groups excluding carboxylic acids is 1. The standard InChI is InChI=1S/C21H26F3N7S.C3H7NO/c1-3-5-14-10-15-17(25-20(26-18(15)32-14)30-7-4-6-13(2)11-30)29-8-9-31-16(12-29)27-28-19(31)21(22,23)24;1-4(2)3-5/h10,13H,3-9,11-12H2,1-2H3;3H,1-2H3. The van der Waals surface area contributed by atoms with E-state index in [4.69, 9.17) is 9.97 Å². The van der Waals surface area contributed by atoms with Crippen molar-refractivity contribution in [2.24, 2.45) is 5.92 Å². The largest absolute Gasteiger partial charge is 0.451 e. The molecule has 202 valence electrons. The fraction of sp³-hybridized carbons (Fsp3) is 0.625. The lowest BCUT2D eigenvalue weighted by atomic mass is 10.0. The third-order valence-corrected chi connectivity index (χ3v) is 7.45. The van der Waals surface area contributed by atoms with Gasteiger partial charge in [0.05, 0.1) is 11.9 Å². The average Bonchev–Trinajstić information content (AvgIpc) is 3.47. The lowest BCUT2D eigenvalue weighted by Crippen LogP contribution is -2.38. The number of thiophene rings is 1. The van der Waals surface area contributed by atoms with Gasteiger partial charge in [0, 0.05) is 45.2 Å². The normalized spacial score (nSPS) is 17.9. The summed E-state index contributed by atoms with van der Waals surface area (Å²) in [5.41, 5.74) is 0. The Balaban J connectivity index is 0.000000586. The van der Waals surface area contributed by atoms with E-state index in [-0.39, 0.29) is 13.1 Å². The van der Waals surface area contributed by atoms with Crippen LogP contribution in [0.25, 0.3) is 10.2 Å². The number of halogens is 3.